The third-order valence-electron chi connectivity index (χ3n) is 5.66. The molecule has 0 radical (unpaired) electrons. The average molecular weight is 481 g/mol. The van der Waals surface area contributed by atoms with Crippen molar-refractivity contribution in [3.8, 4) is 0 Å². The maximum Gasteiger partial charge on any atom is 0.333 e. The SMILES string of the molecule is C=C(C)C(=O)OCCCCCCCCCC.C=C(C)C(=O)OCCCCCCCCCCCC. The predicted molar refractivity (Wildman–Crippen MR) is 146 cm³/mol. The van der Waals surface area contributed by atoms with Crippen LogP contribution in [0.5, 0.6) is 0 Å². The summed E-state index contributed by atoms with van der Waals surface area (Å²) in [6.07, 6.45) is 23.0. The predicted octanol–water partition coefficient (Wildman–Crippen LogP) is 9.27. The molecule has 0 N–H and O–H groups in total. The Kier molecular flexibility index (Phi) is 28.1. The number of carbonyl (C=O) groups excluding carboxylic acids is 2. The van der Waals surface area contributed by atoms with Gasteiger partial charge < -0.3 is 9.47 Å². The molecule has 0 spiro atoms. The number of unbranched alkanes of at least 4 members (excludes halogenated alkanes) is 16. The van der Waals surface area contributed by atoms with Crippen LogP contribution in [0, 0.1) is 0 Å². The Morgan fingerprint density at radius 1 is 0.471 bits per heavy atom. The molecule has 0 fully saturated rings. The zero-order chi connectivity index (χ0) is 25.9. The van der Waals surface area contributed by atoms with Crippen LogP contribution in [0.25, 0.3) is 0 Å². The zero-order valence-electron chi connectivity index (χ0n) is 23.2. The molecule has 0 aromatic rings. The zero-order valence-corrected chi connectivity index (χ0v) is 23.2. The molecule has 0 aliphatic carbocycles. The number of carbonyl (C=O) groups is 2. The first kappa shape index (κ1) is 34.6. The highest BCUT2D eigenvalue weighted by Crippen LogP contribution is 2.11. The average Bonchev–Trinajstić information content (AvgIpc) is 2.81. The second-order valence-corrected chi connectivity index (χ2v) is 9.49. The molecule has 0 saturated heterocycles. The highest BCUT2D eigenvalue weighted by atomic mass is 16.5. The number of hydrogen-bond acceptors (Lipinski definition) is 4. The lowest BCUT2D eigenvalue weighted by Gasteiger charge is -2.04. The van der Waals surface area contributed by atoms with Crippen molar-refractivity contribution in [3.05, 3.63) is 24.3 Å². The lowest BCUT2D eigenvalue weighted by molar-refractivity contribution is -0.139. The molecule has 0 aliphatic rings. The summed E-state index contributed by atoms with van der Waals surface area (Å²) in [5.74, 6) is -0.520. The van der Waals surface area contributed by atoms with Gasteiger partial charge in [0.2, 0.25) is 0 Å². The smallest absolute Gasteiger partial charge is 0.333 e. The molecular formula is C30H56O4. The molecule has 0 unspecified atom stereocenters. The van der Waals surface area contributed by atoms with Gasteiger partial charge in [-0.25, -0.2) is 9.59 Å². The largest absolute Gasteiger partial charge is 0.462 e. The van der Waals surface area contributed by atoms with Crippen molar-refractivity contribution in [3.63, 3.8) is 0 Å². The van der Waals surface area contributed by atoms with Crippen molar-refractivity contribution in [1.29, 1.82) is 0 Å². The fourth-order valence-corrected chi connectivity index (χ4v) is 3.40. The molecule has 0 aromatic carbocycles. The van der Waals surface area contributed by atoms with Gasteiger partial charge in [0.25, 0.3) is 0 Å². The molecule has 0 bridgehead atoms. The normalized spacial score (nSPS) is 10.2. The summed E-state index contributed by atoms with van der Waals surface area (Å²) < 4.78 is 10.0. The van der Waals surface area contributed by atoms with E-state index in [9.17, 15) is 9.59 Å². The van der Waals surface area contributed by atoms with Crippen LogP contribution in [0.4, 0.5) is 0 Å². The number of hydrogen-bond donors (Lipinski definition) is 0. The topological polar surface area (TPSA) is 52.6 Å². The van der Waals surface area contributed by atoms with Crippen LogP contribution in [0.15, 0.2) is 24.3 Å². The molecule has 4 nitrogen and oxygen atoms in total. The Morgan fingerprint density at radius 3 is 0.941 bits per heavy atom. The summed E-state index contributed by atoms with van der Waals surface area (Å²) in [6.45, 7) is 16.0. The highest BCUT2D eigenvalue weighted by Gasteiger charge is 2.02. The molecule has 0 amide bonds. The van der Waals surface area contributed by atoms with Crippen molar-refractivity contribution in [2.45, 2.75) is 143 Å². The minimum Gasteiger partial charge on any atom is -0.462 e. The summed E-state index contributed by atoms with van der Waals surface area (Å²) in [7, 11) is 0. The summed E-state index contributed by atoms with van der Waals surface area (Å²) >= 11 is 0. The minimum absolute atomic E-state index is 0.258. The second-order valence-electron chi connectivity index (χ2n) is 9.49. The van der Waals surface area contributed by atoms with E-state index < -0.39 is 0 Å². The van der Waals surface area contributed by atoms with E-state index in [2.05, 4.69) is 27.0 Å². The Bertz CT molecular complexity index is 510. The molecule has 0 heterocycles. The number of rotatable bonds is 22. The van der Waals surface area contributed by atoms with E-state index in [0.717, 1.165) is 19.3 Å². The van der Waals surface area contributed by atoms with Gasteiger partial charge in [-0.1, -0.05) is 130 Å². The monoisotopic (exact) mass is 480 g/mol. The van der Waals surface area contributed by atoms with Crippen LogP contribution < -0.4 is 0 Å². The number of esters is 2. The van der Waals surface area contributed by atoms with Crippen LogP contribution in [0.1, 0.15) is 143 Å². The molecule has 0 rings (SSSR count). The summed E-state index contributed by atoms with van der Waals surface area (Å²) in [6, 6.07) is 0. The number of ether oxygens (including phenoxy) is 2. The van der Waals surface area contributed by atoms with Crippen molar-refractivity contribution in [1.82, 2.24) is 0 Å². The van der Waals surface area contributed by atoms with E-state index in [1.807, 2.05) is 0 Å². The van der Waals surface area contributed by atoms with Crippen LogP contribution in [0.3, 0.4) is 0 Å². The Labute approximate surface area is 211 Å². The minimum atomic E-state index is -0.261. The first-order chi connectivity index (χ1) is 16.4. The first-order valence-electron chi connectivity index (χ1n) is 14.0. The van der Waals surface area contributed by atoms with Gasteiger partial charge in [0, 0.05) is 11.1 Å². The van der Waals surface area contributed by atoms with E-state index >= 15 is 0 Å². The van der Waals surface area contributed by atoms with E-state index in [1.165, 1.54) is 96.3 Å². The standard InChI is InChI=1S/C16H30O2.C14H26O2/c1-4-5-6-7-8-9-10-11-12-13-14-18-16(17)15(2)3;1-4-5-6-7-8-9-10-11-12-16-14(15)13(2)3/h2,4-14H2,1,3H3;2,4-12H2,1,3H3. The molecule has 34 heavy (non-hydrogen) atoms. The van der Waals surface area contributed by atoms with Gasteiger partial charge in [0.05, 0.1) is 13.2 Å². The molecule has 0 atom stereocenters. The molecule has 0 aliphatic heterocycles. The Hall–Kier alpha value is -1.58. The van der Waals surface area contributed by atoms with Gasteiger partial charge in [-0.05, 0) is 26.7 Å². The van der Waals surface area contributed by atoms with E-state index in [1.54, 1.807) is 13.8 Å². The van der Waals surface area contributed by atoms with E-state index in [4.69, 9.17) is 9.47 Å². The lowest BCUT2D eigenvalue weighted by atomic mass is 10.1. The van der Waals surface area contributed by atoms with Gasteiger partial charge in [-0.3, -0.25) is 0 Å². The fourth-order valence-electron chi connectivity index (χ4n) is 3.40. The Balaban J connectivity index is 0. The maximum atomic E-state index is 11.1. The van der Waals surface area contributed by atoms with Crippen molar-refractivity contribution >= 4 is 11.9 Å². The quantitative estimate of drug-likeness (QED) is 0.0880. The molecule has 200 valence electrons. The van der Waals surface area contributed by atoms with Crippen LogP contribution in [0.2, 0.25) is 0 Å². The molecule has 0 saturated carbocycles. The third-order valence-corrected chi connectivity index (χ3v) is 5.66. The van der Waals surface area contributed by atoms with Gasteiger partial charge in [0.15, 0.2) is 0 Å². The highest BCUT2D eigenvalue weighted by molar-refractivity contribution is 5.87. The van der Waals surface area contributed by atoms with Gasteiger partial charge >= 0.3 is 11.9 Å². The lowest BCUT2D eigenvalue weighted by Crippen LogP contribution is -2.05. The maximum absolute atomic E-state index is 11.1. The Morgan fingerprint density at radius 2 is 0.706 bits per heavy atom. The molecular weight excluding hydrogens is 424 g/mol. The van der Waals surface area contributed by atoms with Crippen molar-refractivity contribution in [2.75, 3.05) is 13.2 Å². The van der Waals surface area contributed by atoms with Crippen LogP contribution in [-0.4, -0.2) is 25.2 Å². The first-order valence-corrected chi connectivity index (χ1v) is 14.0. The van der Waals surface area contributed by atoms with Crippen molar-refractivity contribution in [2.24, 2.45) is 0 Å². The van der Waals surface area contributed by atoms with Gasteiger partial charge in [-0.2, -0.15) is 0 Å². The van der Waals surface area contributed by atoms with Crippen molar-refractivity contribution < 1.29 is 19.1 Å². The van der Waals surface area contributed by atoms with Crippen LogP contribution in [-0.2, 0) is 19.1 Å². The second kappa shape index (κ2) is 27.7. The van der Waals surface area contributed by atoms with Crippen LogP contribution >= 0.6 is 0 Å². The van der Waals surface area contributed by atoms with Gasteiger partial charge in [0.1, 0.15) is 0 Å². The molecule has 4 heteroatoms. The summed E-state index contributed by atoms with van der Waals surface area (Å²) in [5, 5.41) is 0. The van der Waals surface area contributed by atoms with Gasteiger partial charge in [-0.15, -0.1) is 0 Å². The van der Waals surface area contributed by atoms with E-state index in [0.29, 0.717) is 24.4 Å². The fraction of sp³-hybridized carbons (Fsp3) is 0.800. The summed E-state index contributed by atoms with van der Waals surface area (Å²) in [4.78, 5) is 22.1. The van der Waals surface area contributed by atoms with E-state index in [-0.39, 0.29) is 11.9 Å². The third kappa shape index (κ3) is 28.5. The molecule has 0 aromatic heterocycles. The summed E-state index contributed by atoms with van der Waals surface area (Å²) in [5.41, 5.74) is 0.974.